The summed E-state index contributed by atoms with van der Waals surface area (Å²) in [5.41, 5.74) is 1.91. The first-order valence-electron chi connectivity index (χ1n) is 8.50. The molecule has 0 fully saturated rings. The number of aryl methyl sites for hydroxylation is 1. The summed E-state index contributed by atoms with van der Waals surface area (Å²) >= 11 is 6.07. The van der Waals surface area contributed by atoms with E-state index in [0.717, 1.165) is 10.9 Å². The Labute approximate surface area is 159 Å². The average molecular weight is 382 g/mol. The Morgan fingerprint density at radius 3 is 2.78 bits per heavy atom. The molecule has 2 heterocycles. The number of halogens is 1. The van der Waals surface area contributed by atoms with Gasteiger partial charge in [-0.15, -0.1) is 0 Å². The lowest BCUT2D eigenvalue weighted by Crippen LogP contribution is -2.27. The molecule has 0 unspecified atom stereocenters. The minimum absolute atomic E-state index is 0.151. The monoisotopic (exact) mass is 381 g/mol. The van der Waals surface area contributed by atoms with Gasteiger partial charge < -0.3 is 9.73 Å². The van der Waals surface area contributed by atoms with Crippen LogP contribution in [0.1, 0.15) is 12.0 Å². The van der Waals surface area contributed by atoms with Crippen LogP contribution in [0.5, 0.6) is 0 Å². The van der Waals surface area contributed by atoms with Crippen LogP contribution in [-0.4, -0.2) is 15.5 Å². The third-order valence-corrected chi connectivity index (χ3v) is 4.73. The molecule has 0 spiro atoms. The van der Waals surface area contributed by atoms with E-state index in [9.17, 15) is 9.59 Å². The number of amides is 1. The maximum absolute atomic E-state index is 12.6. The Balaban J connectivity index is 1.46. The van der Waals surface area contributed by atoms with Gasteiger partial charge in [0.1, 0.15) is 11.1 Å². The van der Waals surface area contributed by atoms with E-state index in [1.165, 1.54) is 10.9 Å². The largest absolute Gasteiger partial charge is 0.448 e. The lowest BCUT2D eigenvalue weighted by atomic mass is 10.2. The molecular weight excluding hydrogens is 366 g/mol. The van der Waals surface area contributed by atoms with Crippen molar-refractivity contribution >= 4 is 39.6 Å². The molecule has 1 N–H and O–H groups in total. The van der Waals surface area contributed by atoms with Crippen molar-refractivity contribution in [1.29, 1.82) is 0 Å². The summed E-state index contributed by atoms with van der Waals surface area (Å²) in [6.45, 7) is 0.557. The molecule has 0 saturated heterocycles. The molecule has 0 aliphatic rings. The number of benzene rings is 2. The van der Waals surface area contributed by atoms with E-state index in [-0.39, 0.29) is 30.0 Å². The number of carbonyl (C=O) groups is 1. The topological polar surface area (TPSA) is 77.1 Å². The number of fused-ring (bicyclic) bond motifs is 3. The van der Waals surface area contributed by atoms with Gasteiger partial charge in [0.2, 0.25) is 11.5 Å². The summed E-state index contributed by atoms with van der Waals surface area (Å²) in [5, 5.41) is 4.21. The summed E-state index contributed by atoms with van der Waals surface area (Å²) in [6, 6.07) is 14.7. The predicted octanol–water partition coefficient (Wildman–Crippen LogP) is 3.50. The van der Waals surface area contributed by atoms with E-state index < -0.39 is 0 Å². The van der Waals surface area contributed by atoms with Crippen LogP contribution in [0.2, 0.25) is 5.02 Å². The normalized spacial score (nSPS) is 11.1. The van der Waals surface area contributed by atoms with Gasteiger partial charge in [0, 0.05) is 29.9 Å². The van der Waals surface area contributed by atoms with Gasteiger partial charge in [0.15, 0.2) is 0 Å². The molecule has 4 rings (SSSR count). The van der Waals surface area contributed by atoms with Gasteiger partial charge in [-0.25, -0.2) is 4.98 Å². The van der Waals surface area contributed by atoms with E-state index in [1.54, 1.807) is 12.1 Å². The fourth-order valence-electron chi connectivity index (χ4n) is 2.92. The minimum atomic E-state index is -0.296. The first-order chi connectivity index (χ1) is 13.1. The van der Waals surface area contributed by atoms with Crippen molar-refractivity contribution in [1.82, 2.24) is 14.9 Å². The quantitative estimate of drug-likeness (QED) is 0.574. The molecular formula is C20H16ClN3O3. The van der Waals surface area contributed by atoms with Crippen LogP contribution >= 0.6 is 11.6 Å². The molecule has 2 aromatic carbocycles. The molecule has 4 aromatic rings. The van der Waals surface area contributed by atoms with Gasteiger partial charge >= 0.3 is 0 Å². The average Bonchev–Trinajstić information content (AvgIpc) is 3.06. The van der Waals surface area contributed by atoms with Crippen LogP contribution in [0.3, 0.4) is 0 Å². The van der Waals surface area contributed by atoms with E-state index in [4.69, 9.17) is 16.0 Å². The molecule has 0 radical (unpaired) electrons. The predicted molar refractivity (Wildman–Crippen MR) is 104 cm³/mol. The first-order valence-corrected chi connectivity index (χ1v) is 8.88. The van der Waals surface area contributed by atoms with Crippen molar-refractivity contribution in [3.05, 3.63) is 75.8 Å². The van der Waals surface area contributed by atoms with E-state index >= 15 is 0 Å². The SMILES string of the molecule is O=C(CCn1cnc2c(oc3ccccc32)c1=O)NCc1ccccc1Cl. The fraction of sp³-hybridized carbons (Fsp3) is 0.150. The van der Waals surface area contributed by atoms with Crippen molar-refractivity contribution in [2.45, 2.75) is 19.5 Å². The molecule has 0 atom stereocenters. The summed E-state index contributed by atoms with van der Waals surface area (Å²) < 4.78 is 7.03. The van der Waals surface area contributed by atoms with Crippen molar-refractivity contribution < 1.29 is 9.21 Å². The van der Waals surface area contributed by atoms with E-state index in [1.807, 2.05) is 36.4 Å². The first kappa shape index (κ1) is 17.3. The zero-order valence-electron chi connectivity index (χ0n) is 14.3. The second-order valence-corrected chi connectivity index (χ2v) is 6.54. The highest BCUT2D eigenvalue weighted by atomic mass is 35.5. The maximum Gasteiger partial charge on any atom is 0.297 e. The van der Waals surface area contributed by atoms with Crippen molar-refractivity contribution in [2.75, 3.05) is 0 Å². The number of hydrogen-bond acceptors (Lipinski definition) is 4. The Morgan fingerprint density at radius 2 is 1.93 bits per heavy atom. The zero-order valence-corrected chi connectivity index (χ0v) is 15.1. The lowest BCUT2D eigenvalue weighted by molar-refractivity contribution is -0.121. The third-order valence-electron chi connectivity index (χ3n) is 4.36. The number of para-hydroxylation sites is 1. The summed E-state index contributed by atoms with van der Waals surface area (Å²) in [4.78, 5) is 29.1. The summed E-state index contributed by atoms with van der Waals surface area (Å²) in [7, 11) is 0. The third kappa shape index (κ3) is 3.44. The molecule has 0 aliphatic carbocycles. The van der Waals surface area contributed by atoms with Crippen molar-refractivity contribution in [3.8, 4) is 0 Å². The number of nitrogens with zero attached hydrogens (tertiary/aromatic N) is 2. The van der Waals surface area contributed by atoms with Gasteiger partial charge in [-0.3, -0.25) is 14.2 Å². The lowest BCUT2D eigenvalue weighted by Gasteiger charge is -2.08. The standard InChI is InChI=1S/C20H16ClN3O3/c21-15-7-3-1-5-13(15)11-22-17(25)9-10-24-12-23-18-14-6-2-4-8-16(14)27-19(18)20(24)26/h1-8,12H,9-11H2,(H,22,25). The zero-order chi connectivity index (χ0) is 18.8. The number of hydrogen-bond donors (Lipinski definition) is 1. The Hall–Kier alpha value is -3.12. The van der Waals surface area contributed by atoms with Crippen molar-refractivity contribution in [3.63, 3.8) is 0 Å². The Morgan fingerprint density at radius 1 is 1.15 bits per heavy atom. The smallest absolute Gasteiger partial charge is 0.297 e. The van der Waals surface area contributed by atoms with Crippen LogP contribution in [0.4, 0.5) is 0 Å². The molecule has 0 aliphatic heterocycles. The molecule has 0 saturated carbocycles. The fourth-order valence-corrected chi connectivity index (χ4v) is 3.12. The minimum Gasteiger partial charge on any atom is -0.448 e. The van der Waals surface area contributed by atoms with Gasteiger partial charge in [-0.05, 0) is 23.8 Å². The highest BCUT2D eigenvalue weighted by Crippen LogP contribution is 2.24. The molecule has 0 bridgehead atoms. The Kier molecular flexibility index (Phi) is 4.64. The van der Waals surface area contributed by atoms with E-state index in [2.05, 4.69) is 10.3 Å². The van der Waals surface area contributed by atoms with Crippen LogP contribution in [0.15, 0.2) is 64.1 Å². The second kappa shape index (κ2) is 7.25. The van der Waals surface area contributed by atoms with Crippen LogP contribution in [0, 0.1) is 0 Å². The number of rotatable bonds is 5. The number of furan rings is 1. The van der Waals surface area contributed by atoms with Crippen molar-refractivity contribution in [2.24, 2.45) is 0 Å². The van der Waals surface area contributed by atoms with Crippen LogP contribution in [-0.2, 0) is 17.9 Å². The number of aromatic nitrogens is 2. The molecule has 27 heavy (non-hydrogen) atoms. The van der Waals surface area contributed by atoms with Crippen LogP contribution < -0.4 is 10.9 Å². The van der Waals surface area contributed by atoms with Crippen LogP contribution in [0.25, 0.3) is 22.1 Å². The van der Waals surface area contributed by atoms with Gasteiger partial charge in [0.25, 0.3) is 5.56 Å². The molecule has 6 nitrogen and oxygen atoms in total. The summed E-state index contributed by atoms with van der Waals surface area (Å²) in [6.07, 6.45) is 1.60. The molecule has 1 amide bonds. The Bertz CT molecular complexity index is 1200. The van der Waals surface area contributed by atoms with Gasteiger partial charge in [-0.2, -0.15) is 0 Å². The highest BCUT2D eigenvalue weighted by Gasteiger charge is 2.13. The number of nitrogens with one attached hydrogen (secondary N) is 1. The maximum atomic E-state index is 12.6. The number of carbonyl (C=O) groups excluding carboxylic acids is 1. The molecule has 2 aromatic heterocycles. The van der Waals surface area contributed by atoms with Gasteiger partial charge in [0.05, 0.1) is 6.33 Å². The summed E-state index contributed by atoms with van der Waals surface area (Å²) in [5.74, 6) is -0.175. The molecule has 7 heteroatoms. The van der Waals surface area contributed by atoms with E-state index in [0.29, 0.717) is 22.7 Å². The highest BCUT2D eigenvalue weighted by molar-refractivity contribution is 6.31. The molecule has 136 valence electrons. The second-order valence-electron chi connectivity index (χ2n) is 6.14. The van der Waals surface area contributed by atoms with Gasteiger partial charge in [-0.1, -0.05) is 41.9 Å².